The van der Waals surface area contributed by atoms with E-state index in [0.717, 1.165) is 38.9 Å². The molecule has 16 heavy (non-hydrogen) atoms. The number of hydrogen-bond donors (Lipinski definition) is 0. The second kappa shape index (κ2) is 9.62. The molecule has 1 fully saturated rings. The lowest BCUT2D eigenvalue weighted by Gasteiger charge is -2.10. The van der Waals surface area contributed by atoms with Crippen molar-refractivity contribution >= 4 is 0 Å². The highest BCUT2D eigenvalue weighted by atomic mass is 16.7. The minimum atomic E-state index is 0.0793. The molecule has 0 saturated carbocycles. The van der Waals surface area contributed by atoms with E-state index in [2.05, 4.69) is 6.07 Å². The summed E-state index contributed by atoms with van der Waals surface area (Å²) < 4.78 is 11.0. The topological polar surface area (TPSA) is 42.2 Å². The van der Waals surface area contributed by atoms with Gasteiger partial charge in [-0.1, -0.05) is 25.7 Å². The first-order chi connectivity index (χ1) is 7.93. The van der Waals surface area contributed by atoms with Crippen LogP contribution >= 0.6 is 0 Å². The molecule has 0 amide bonds. The number of hydrogen-bond acceptors (Lipinski definition) is 3. The molecule has 3 heteroatoms. The zero-order chi connectivity index (χ0) is 11.5. The molecule has 3 nitrogen and oxygen atoms in total. The summed E-state index contributed by atoms with van der Waals surface area (Å²) in [5.41, 5.74) is 0. The summed E-state index contributed by atoms with van der Waals surface area (Å²) >= 11 is 0. The first-order valence-electron chi connectivity index (χ1n) is 6.53. The van der Waals surface area contributed by atoms with Gasteiger partial charge in [-0.05, 0) is 19.3 Å². The van der Waals surface area contributed by atoms with E-state index < -0.39 is 0 Å². The molecule has 0 N–H and O–H groups in total. The van der Waals surface area contributed by atoms with Crippen LogP contribution in [0.15, 0.2) is 0 Å². The van der Waals surface area contributed by atoms with Crippen molar-refractivity contribution < 1.29 is 9.47 Å². The summed E-state index contributed by atoms with van der Waals surface area (Å²) in [7, 11) is 0. The van der Waals surface area contributed by atoms with E-state index in [1.165, 1.54) is 25.7 Å². The monoisotopic (exact) mass is 225 g/mol. The molecule has 1 unspecified atom stereocenters. The van der Waals surface area contributed by atoms with E-state index in [0.29, 0.717) is 6.42 Å². The molecule has 1 aliphatic heterocycles. The third-order valence-electron chi connectivity index (χ3n) is 2.87. The SMILES string of the molecule is N#CCCCCCCCCOC1CCCO1. The fourth-order valence-corrected chi connectivity index (χ4v) is 1.91. The lowest BCUT2D eigenvalue weighted by Crippen LogP contribution is -2.11. The van der Waals surface area contributed by atoms with Crippen molar-refractivity contribution in [1.29, 1.82) is 5.26 Å². The molecule has 1 rings (SSSR count). The van der Waals surface area contributed by atoms with Crippen molar-refractivity contribution in [2.24, 2.45) is 0 Å². The Hall–Kier alpha value is -0.590. The smallest absolute Gasteiger partial charge is 0.157 e. The molecule has 0 aromatic rings. The lowest BCUT2D eigenvalue weighted by atomic mass is 10.1. The second-order valence-electron chi connectivity index (χ2n) is 4.34. The van der Waals surface area contributed by atoms with Gasteiger partial charge in [0.05, 0.1) is 6.07 Å². The molecule has 1 aliphatic rings. The normalized spacial score (nSPS) is 19.8. The maximum atomic E-state index is 8.36. The maximum absolute atomic E-state index is 8.36. The Morgan fingerprint density at radius 1 is 1.12 bits per heavy atom. The Balaban J connectivity index is 1.73. The molecule has 92 valence electrons. The number of nitrogens with zero attached hydrogens (tertiary/aromatic N) is 1. The largest absolute Gasteiger partial charge is 0.353 e. The van der Waals surface area contributed by atoms with Crippen LogP contribution in [0.3, 0.4) is 0 Å². The molecule has 0 spiro atoms. The van der Waals surface area contributed by atoms with Gasteiger partial charge in [-0.25, -0.2) is 0 Å². The van der Waals surface area contributed by atoms with Gasteiger partial charge in [0.1, 0.15) is 0 Å². The fraction of sp³-hybridized carbons (Fsp3) is 0.923. The molecule has 1 heterocycles. The zero-order valence-corrected chi connectivity index (χ0v) is 10.1. The van der Waals surface area contributed by atoms with E-state index in [9.17, 15) is 0 Å². The van der Waals surface area contributed by atoms with Crippen LogP contribution in [0.4, 0.5) is 0 Å². The van der Waals surface area contributed by atoms with Crippen LogP contribution in [0.25, 0.3) is 0 Å². The van der Waals surface area contributed by atoms with E-state index in [1.807, 2.05) is 0 Å². The molecular weight excluding hydrogens is 202 g/mol. The molecule has 0 aliphatic carbocycles. The van der Waals surface area contributed by atoms with Crippen LogP contribution in [0, 0.1) is 11.3 Å². The average Bonchev–Trinajstić information content (AvgIpc) is 2.80. The van der Waals surface area contributed by atoms with Gasteiger partial charge in [-0.15, -0.1) is 0 Å². The van der Waals surface area contributed by atoms with Crippen LogP contribution in [0.5, 0.6) is 0 Å². The summed E-state index contributed by atoms with van der Waals surface area (Å²) in [5.74, 6) is 0. The van der Waals surface area contributed by atoms with Gasteiger partial charge in [0.15, 0.2) is 6.29 Å². The van der Waals surface area contributed by atoms with Crippen molar-refractivity contribution in [1.82, 2.24) is 0 Å². The van der Waals surface area contributed by atoms with Gasteiger partial charge >= 0.3 is 0 Å². The van der Waals surface area contributed by atoms with Crippen molar-refractivity contribution in [3.05, 3.63) is 0 Å². The number of ether oxygens (including phenoxy) is 2. The van der Waals surface area contributed by atoms with Crippen LogP contribution in [0.2, 0.25) is 0 Å². The molecule has 1 atom stereocenters. The Kier molecular flexibility index (Phi) is 8.10. The average molecular weight is 225 g/mol. The first-order valence-corrected chi connectivity index (χ1v) is 6.53. The predicted molar refractivity (Wildman–Crippen MR) is 62.9 cm³/mol. The predicted octanol–water partition coefficient (Wildman–Crippen LogP) is 3.39. The van der Waals surface area contributed by atoms with Crippen LogP contribution in [0.1, 0.15) is 57.8 Å². The second-order valence-corrected chi connectivity index (χ2v) is 4.34. The minimum Gasteiger partial charge on any atom is -0.353 e. The summed E-state index contributed by atoms with van der Waals surface area (Å²) in [6, 6.07) is 2.18. The van der Waals surface area contributed by atoms with E-state index in [1.54, 1.807) is 0 Å². The highest BCUT2D eigenvalue weighted by molar-refractivity contribution is 4.67. The molecule has 0 radical (unpaired) electrons. The summed E-state index contributed by atoms with van der Waals surface area (Å²) in [6.45, 7) is 1.70. The number of unbranched alkanes of at least 4 members (excludes halogenated alkanes) is 6. The Labute approximate surface area is 98.7 Å². The molecule has 0 aromatic heterocycles. The van der Waals surface area contributed by atoms with Crippen molar-refractivity contribution in [3.63, 3.8) is 0 Å². The third-order valence-corrected chi connectivity index (χ3v) is 2.87. The standard InChI is InChI=1S/C13H23NO2/c14-10-6-4-2-1-3-5-7-11-15-13-9-8-12-16-13/h13H,1-9,11-12H2. The van der Waals surface area contributed by atoms with Gasteiger partial charge < -0.3 is 9.47 Å². The summed E-state index contributed by atoms with van der Waals surface area (Å²) in [5, 5.41) is 8.36. The van der Waals surface area contributed by atoms with Gasteiger partial charge in [0, 0.05) is 26.1 Å². The number of rotatable bonds is 9. The quantitative estimate of drug-likeness (QED) is 0.565. The van der Waals surface area contributed by atoms with Crippen LogP contribution < -0.4 is 0 Å². The van der Waals surface area contributed by atoms with Crippen LogP contribution in [-0.4, -0.2) is 19.5 Å². The van der Waals surface area contributed by atoms with Gasteiger partial charge in [0.25, 0.3) is 0 Å². The van der Waals surface area contributed by atoms with Crippen LogP contribution in [-0.2, 0) is 9.47 Å². The summed E-state index contributed by atoms with van der Waals surface area (Å²) in [6.07, 6.45) is 10.1. The van der Waals surface area contributed by atoms with Gasteiger partial charge in [-0.3, -0.25) is 0 Å². The van der Waals surface area contributed by atoms with E-state index in [4.69, 9.17) is 14.7 Å². The maximum Gasteiger partial charge on any atom is 0.157 e. The van der Waals surface area contributed by atoms with Crippen molar-refractivity contribution in [3.8, 4) is 6.07 Å². The number of nitriles is 1. The highest BCUT2D eigenvalue weighted by Gasteiger charge is 2.14. The molecular formula is C13H23NO2. The first kappa shape index (κ1) is 13.5. The zero-order valence-electron chi connectivity index (χ0n) is 10.1. The highest BCUT2D eigenvalue weighted by Crippen LogP contribution is 2.14. The molecule has 1 saturated heterocycles. The Morgan fingerprint density at radius 2 is 1.88 bits per heavy atom. The Bertz CT molecular complexity index is 195. The summed E-state index contributed by atoms with van der Waals surface area (Å²) in [4.78, 5) is 0. The minimum absolute atomic E-state index is 0.0793. The Morgan fingerprint density at radius 3 is 2.56 bits per heavy atom. The third kappa shape index (κ3) is 6.81. The molecule has 0 bridgehead atoms. The van der Waals surface area contributed by atoms with E-state index >= 15 is 0 Å². The fourth-order valence-electron chi connectivity index (χ4n) is 1.91. The van der Waals surface area contributed by atoms with Crippen molar-refractivity contribution in [2.45, 2.75) is 64.1 Å². The molecule has 0 aromatic carbocycles. The van der Waals surface area contributed by atoms with Gasteiger partial charge in [0.2, 0.25) is 0 Å². The van der Waals surface area contributed by atoms with E-state index in [-0.39, 0.29) is 6.29 Å². The van der Waals surface area contributed by atoms with Gasteiger partial charge in [-0.2, -0.15) is 5.26 Å². The van der Waals surface area contributed by atoms with Crippen molar-refractivity contribution in [2.75, 3.05) is 13.2 Å². The lowest BCUT2D eigenvalue weighted by molar-refractivity contribution is -0.111.